The van der Waals surface area contributed by atoms with Crippen LogP contribution in [0.2, 0.25) is 0 Å². The fourth-order valence-corrected chi connectivity index (χ4v) is 3.61. The maximum absolute atomic E-state index is 12.5. The first-order valence-corrected chi connectivity index (χ1v) is 8.76. The fraction of sp³-hybridized carbons (Fsp3) is 0.812. The van der Waals surface area contributed by atoms with Crippen LogP contribution < -0.4 is 5.73 Å². The molecular weight excluding hydrogens is 330 g/mol. The Morgan fingerprint density at radius 2 is 1.96 bits per heavy atom. The largest absolute Gasteiger partial charge is 0.341 e. The van der Waals surface area contributed by atoms with Gasteiger partial charge in [-0.1, -0.05) is 18.0 Å². The lowest BCUT2D eigenvalue weighted by atomic mass is 10.0. The Labute approximate surface area is 149 Å². The molecule has 0 aromatic carbocycles. The lowest BCUT2D eigenvalue weighted by Crippen LogP contribution is -2.35. The van der Waals surface area contributed by atoms with E-state index in [1.165, 1.54) is 25.7 Å². The van der Waals surface area contributed by atoms with Crippen molar-refractivity contribution >= 4 is 18.3 Å². The highest BCUT2D eigenvalue weighted by Gasteiger charge is 2.24. The maximum Gasteiger partial charge on any atom is 0.240 e. The monoisotopic (exact) mass is 357 g/mol. The van der Waals surface area contributed by atoms with Crippen LogP contribution in [0.1, 0.15) is 50.2 Å². The average molecular weight is 358 g/mol. The molecule has 0 bridgehead atoms. The predicted octanol–water partition coefficient (Wildman–Crippen LogP) is 1.56. The topological polar surface area (TPSA) is 88.5 Å². The molecule has 0 unspecified atom stereocenters. The Balaban J connectivity index is 0.00000208. The van der Waals surface area contributed by atoms with Crippen LogP contribution in [0.25, 0.3) is 0 Å². The number of carbonyl (C=O) groups is 1. The lowest BCUT2D eigenvalue weighted by molar-refractivity contribution is -0.132. The molecule has 3 rings (SSSR count). The Hall–Kier alpha value is -1.18. The van der Waals surface area contributed by atoms with Crippen molar-refractivity contribution < 1.29 is 9.32 Å². The standard InChI is InChI=1S/C16H27N5O2.ClH/c17-11-15-18-14(19-23-15)12-20-6-3-7-21(9-8-20)16(22)10-13-4-1-2-5-13;/h13H,1-12,17H2;1H. The van der Waals surface area contributed by atoms with Gasteiger partial charge in [0.1, 0.15) is 0 Å². The third-order valence-corrected chi connectivity index (χ3v) is 4.93. The summed E-state index contributed by atoms with van der Waals surface area (Å²) < 4.78 is 5.04. The number of halogens is 1. The summed E-state index contributed by atoms with van der Waals surface area (Å²) in [4.78, 5) is 21.0. The molecule has 0 radical (unpaired) electrons. The first-order valence-electron chi connectivity index (χ1n) is 8.76. The van der Waals surface area contributed by atoms with Crippen LogP contribution in [-0.4, -0.2) is 52.0 Å². The van der Waals surface area contributed by atoms with E-state index in [9.17, 15) is 4.79 Å². The number of hydrogen-bond acceptors (Lipinski definition) is 6. The SMILES string of the molecule is Cl.NCc1nc(CN2CCCN(C(=O)CC3CCCC3)CC2)no1. The molecule has 0 spiro atoms. The zero-order valence-electron chi connectivity index (χ0n) is 14.2. The second-order valence-corrected chi connectivity index (χ2v) is 6.67. The number of carbonyl (C=O) groups excluding carboxylic acids is 1. The molecule has 1 saturated heterocycles. The van der Waals surface area contributed by atoms with Crippen LogP contribution in [0, 0.1) is 5.92 Å². The summed E-state index contributed by atoms with van der Waals surface area (Å²) in [5.41, 5.74) is 5.49. The minimum Gasteiger partial charge on any atom is -0.341 e. The Bertz CT molecular complexity index is 518. The molecule has 2 N–H and O–H groups in total. The highest BCUT2D eigenvalue weighted by atomic mass is 35.5. The lowest BCUT2D eigenvalue weighted by Gasteiger charge is -2.22. The first-order chi connectivity index (χ1) is 11.2. The Kier molecular flexibility index (Phi) is 7.45. The summed E-state index contributed by atoms with van der Waals surface area (Å²) in [5, 5.41) is 3.95. The zero-order chi connectivity index (χ0) is 16.1. The third kappa shape index (κ3) is 5.16. The van der Waals surface area contributed by atoms with Gasteiger partial charge in [0.25, 0.3) is 0 Å². The fourth-order valence-electron chi connectivity index (χ4n) is 3.61. The average Bonchev–Trinajstić information content (AvgIpc) is 3.16. The van der Waals surface area contributed by atoms with Gasteiger partial charge in [0.2, 0.25) is 11.8 Å². The van der Waals surface area contributed by atoms with Gasteiger partial charge in [0.15, 0.2) is 5.82 Å². The molecule has 0 atom stereocenters. The van der Waals surface area contributed by atoms with E-state index in [0.29, 0.717) is 30.1 Å². The number of nitrogens with zero attached hydrogens (tertiary/aromatic N) is 4. The van der Waals surface area contributed by atoms with Gasteiger partial charge < -0.3 is 15.2 Å². The number of hydrogen-bond donors (Lipinski definition) is 1. The van der Waals surface area contributed by atoms with Crippen molar-refractivity contribution in [3.05, 3.63) is 11.7 Å². The molecule has 1 aliphatic heterocycles. The molecule has 136 valence electrons. The van der Waals surface area contributed by atoms with Gasteiger partial charge in [-0.3, -0.25) is 9.69 Å². The minimum atomic E-state index is 0. The van der Waals surface area contributed by atoms with Crippen LogP contribution in [0.3, 0.4) is 0 Å². The van der Waals surface area contributed by atoms with E-state index in [0.717, 1.165) is 39.0 Å². The summed E-state index contributed by atoms with van der Waals surface area (Å²) in [7, 11) is 0. The number of aromatic nitrogens is 2. The van der Waals surface area contributed by atoms with E-state index in [1.807, 2.05) is 4.90 Å². The number of rotatable bonds is 5. The van der Waals surface area contributed by atoms with Crippen molar-refractivity contribution in [2.24, 2.45) is 11.7 Å². The smallest absolute Gasteiger partial charge is 0.240 e. The molecule has 1 amide bonds. The molecular formula is C16H28ClN5O2. The molecule has 1 saturated carbocycles. The Morgan fingerprint density at radius 3 is 2.67 bits per heavy atom. The molecule has 2 aliphatic rings. The second-order valence-electron chi connectivity index (χ2n) is 6.67. The molecule has 8 heteroatoms. The molecule has 1 aromatic heterocycles. The van der Waals surface area contributed by atoms with E-state index < -0.39 is 0 Å². The predicted molar refractivity (Wildman–Crippen MR) is 92.5 cm³/mol. The van der Waals surface area contributed by atoms with Crippen LogP contribution >= 0.6 is 12.4 Å². The molecule has 2 fully saturated rings. The number of amides is 1. The number of nitrogens with two attached hydrogens (primary N) is 1. The quantitative estimate of drug-likeness (QED) is 0.860. The van der Waals surface area contributed by atoms with Crippen LogP contribution in [0.5, 0.6) is 0 Å². The van der Waals surface area contributed by atoms with Gasteiger partial charge in [0.05, 0.1) is 13.1 Å². The summed E-state index contributed by atoms with van der Waals surface area (Å²) in [6, 6.07) is 0. The second kappa shape index (κ2) is 9.34. The molecule has 2 heterocycles. The van der Waals surface area contributed by atoms with Gasteiger partial charge in [-0.2, -0.15) is 4.98 Å². The molecule has 1 aliphatic carbocycles. The molecule has 7 nitrogen and oxygen atoms in total. The third-order valence-electron chi connectivity index (χ3n) is 4.93. The van der Waals surface area contributed by atoms with Crippen molar-refractivity contribution in [2.45, 2.75) is 51.6 Å². The van der Waals surface area contributed by atoms with Gasteiger partial charge in [-0.05, 0) is 25.2 Å². The van der Waals surface area contributed by atoms with Crippen molar-refractivity contribution in [1.29, 1.82) is 0 Å². The van der Waals surface area contributed by atoms with Gasteiger partial charge >= 0.3 is 0 Å². The molecule has 24 heavy (non-hydrogen) atoms. The van der Waals surface area contributed by atoms with E-state index in [1.54, 1.807) is 0 Å². The molecule has 1 aromatic rings. The highest BCUT2D eigenvalue weighted by molar-refractivity contribution is 5.85. The minimum absolute atomic E-state index is 0. The van der Waals surface area contributed by atoms with Crippen LogP contribution in [-0.2, 0) is 17.9 Å². The highest BCUT2D eigenvalue weighted by Crippen LogP contribution is 2.28. The first kappa shape index (κ1) is 19.1. The summed E-state index contributed by atoms with van der Waals surface area (Å²) in [6.45, 7) is 4.42. The van der Waals surface area contributed by atoms with Gasteiger partial charge in [0, 0.05) is 32.6 Å². The van der Waals surface area contributed by atoms with E-state index in [4.69, 9.17) is 10.3 Å². The maximum atomic E-state index is 12.5. The van der Waals surface area contributed by atoms with Gasteiger partial charge in [-0.15, -0.1) is 12.4 Å². The van der Waals surface area contributed by atoms with Crippen molar-refractivity contribution in [3.8, 4) is 0 Å². The van der Waals surface area contributed by atoms with Crippen molar-refractivity contribution in [3.63, 3.8) is 0 Å². The summed E-state index contributed by atoms with van der Waals surface area (Å²) in [5.74, 6) is 2.11. The van der Waals surface area contributed by atoms with Crippen molar-refractivity contribution in [2.75, 3.05) is 26.2 Å². The normalized spacial score (nSPS) is 20.0. The van der Waals surface area contributed by atoms with Crippen LogP contribution in [0.15, 0.2) is 4.52 Å². The Morgan fingerprint density at radius 1 is 1.17 bits per heavy atom. The van der Waals surface area contributed by atoms with E-state index >= 15 is 0 Å². The summed E-state index contributed by atoms with van der Waals surface area (Å²) >= 11 is 0. The summed E-state index contributed by atoms with van der Waals surface area (Å²) in [6.07, 6.45) is 6.78. The van der Waals surface area contributed by atoms with Crippen LogP contribution in [0.4, 0.5) is 0 Å². The van der Waals surface area contributed by atoms with E-state index in [-0.39, 0.29) is 19.0 Å². The van der Waals surface area contributed by atoms with Gasteiger partial charge in [-0.25, -0.2) is 0 Å². The zero-order valence-corrected chi connectivity index (χ0v) is 15.0. The van der Waals surface area contributed by atoms with Crippen molar-refractivity contribution in [1.82, 2.24) is 19.9 Å². The van der Waals surface area contributed by atoms with E-state index in [2.05, 4.69) is 15.0 Å².